The monoisotopic (exact) mass is 885 g/mol. The molecule has 1 aliphatic heterocycles. The predicted octanol–water partition coefficient (Wildman–Crippen LogP) is 9.75. The number of piperidine rings is 1. The van der Waals surface area contributed by atoms with E-state index in [0.717, 1.165) is 22.9 Å². The maximum absolute atomic E-state index is 15.2. The highest BCUT2D eigenvalue weighted by Crippen LogP contribution is 2.79. The molecule has 13 nitrogen and oxygen atoms in total. The molecular weight excluding hydrogens is 822 g/mol. The van der Waals surface area contributed by atoms with Crippen molar-refractivity contribution in [3.05, 3.63) is 93.3 Å². The number of likely N-dealkylation sites (N-methyl/N-ethyl adjacent to an activating group) is 1. The Labute approximate surface area is 371 Å². The number of nitrogens with two attached hydrogens (primary N) is 1. The number of aromatic nitrogens is 2. The second kappa shape index (κ2) is 18.0. The normalized spacial score (nSPS) is 22.7. The van der Waals surface area contributed by atoms with Crippen molar-refractivity contribution in [3.63, 3.8) is 0 Å². The molecule has 2 bridgehead atoms. The van der Waals surface area contributed by atoms with Crippen LogP contribution in [0.3, 0.4) is 0 Å². The first-order chi connectivity index (χ1) is 29.8. The molecule has 5 aliphatic rings. The van der Waals surface area contributed by atoms with Crippen LogP contribution >= 0.6 is 0 Å². The van der Waals surface area contributed by atoms with Gasteiger partial charge in [0.1, 0.15) is 22.8 Å². The van der Waals surface area contributed by atoms with Crippen LogP contribution in [0.5, 0.6) is 11.5 Å². The minimum absolute atomic E-state index is 0.0187. The Bertz CT molecular complexity index is 2470. The van der Waals surface area contributed by atoms with Crippen LogP contribution in [0, 0.1) is 26.4 Å². The number of nitrogens with one attached hydrogen (secondary N) is 2. The molecule has 63 heavy (non-hydrogen) atoms. The van der Waals surface area contributed by atoms with Crippen LogP contribution in [0.4, 0.5) is 15.8 Å². The molecule has 0 spiro atoms. The van der Waals surface area contributed by atoms with E-state index in [1.54, 1.807) is 18.3 Å². The molecule has 0 unspecified atom stereocenters. The summed E-state index contributed by atoms with van der Waals surface area (Å²) in [6.45, 7) is 16.8. The summed E-state index contributed by atoms with van der Waals surface area (Å²) in [6.07, 6.45) is 14.0. The smallest absolute Gasteiger partial charge is 0.273 e. The summed E-state index contributed by atoms with van der Waals surface area (Å²) in [5, 5.41) is 12.6. The maximum atomic E-state index is 15.2. The van der Waals surface area contributed by atoms with Gasteiger partial charge < -0.3 is 20.4 Å². The number of carbonyl (C=O) groups excluding carboxylic acids is 1. The van der Waals surface area contributed by atoms with Crippen molar-refractivity contribution in [1.29, 1.82) is 0 Å². The molecule has 4 aliphatic carbocycles. The number of likely N-dealkylation sites (tertiary alicyclic amines) is 1. The Balaban J connectivity index is 0.000000236. The molecule has 3 saturated carbocycles. The maximum Gasteiger partial charge on any atom is 0.273 e. The Morgan fingerprint density at radius 1 is 1.05 bits per heavy atom. The summed E-state index contributed by atoms with van der Waals surface area (Å²) in [4.78, 5) is 35.6. The SMILES string of the molecule is CCN(CC)CC1=C(C23CC(CC)(C2)C3)CC(C)(C)CC1.CN1CCC(F)(CCc2ccc(S(=O)(=O)NC(=O)c3ccc(N)cc3Oc3cnc4[nH]ccc4c3)cc2[N+](=O)[O-])CC1. The van der Waals surface area contributed by atoms with E-state index < -0.39 is 37.1 Å². The molecule has 1 saturated heterocycles. The summed E-state index contributed by atoms with van der Waals surface area (Å²) >= 11 is 0. The molecule has 9 rings (SSSR count). The van der Waals surface area contributed by atoms with E-state index in [1.165, 1.54) is 95.0 Å². The highest BCUT2D eigenvalue weighted by atomic mass is 32.2. The largest absolute Gasteiger partial charge is 0.455 e. The summed E-state index contributed by atoms with van der Waals surface area (Å²) in [5.41, 5.74) is 10.7. The Hall–Kier alpha value is -4.86. The number of carbonyl (C=O) groups is 1. The molecule has 3 heterocycles. The topological polar surface area (TPSA) is 177 Å². The van der Waals surface area contributed by atoms with Crippen molar-refractivity contribution in [1.82, 2.24) is 24.5 Å². The fraction of sp³-hybridized carbons (Fsp3) is 0.542. The second-order valence-electron chi connectivity index (χ2n) is 19.4. The van der Waals surface area contributed by atoms with Crippen molar-refractivity contribution in [2.75, 3.05) is 45.5 Å². The summed E-state index contributed by atoms with van der Waals surface area (Å²) in [6, 6.07) is 10.9. The average molecular weight is 886 g/mol. The van der Waals surface area contributed by atoms with Crippen molar-refractivity contribution >= 4 is 38.3 Å². The van der Waals surface area contributed by atoms with Crippen LogP contribution in [0.2, 0.25) is 0 Å². The van der Waals surface area contributed by atoms with Crippen molar-refractivity contribution in [3.8, 4) is 11.5 Å². The fourth-order valence-corrected chi connectivity index (χ4v) is 11.3. The first-order valence-electron chi connectivity index (χ1n) is 22.5. The molecule has 2 aromatic heterocycles. The first-order valence-corrected chi connectivity index (χ1v) is 23.9. The van der Waals surface area contributed by atoms with Crippen molar-refractivity contribution in [2.24, 2.45) is 16.2 Å². The number of benzene rings is 2. The number of hydrogen-bond acceptors (Lipinski definition) is 10. The number of rotatable bonds is 15. The zero-order chi connectivity index (χ0) is 45.4. The van der Waals surface area contributed by atoms with E-state index in [4.69, 9.17) is 10.5 Å². The third-order valence-corrected chi connectivity index (χ3v) is 15.7. The van der Waals surface area contributed by atoms with E-state index in [0.29, 0.717) is 42.4 Å². The summed E-state index contributed by atoms with van der Waals surface area (Å²) in [7, 11) is -2.63. The lowest BCUT2D eigenvalue weighted by Gasteiger charge is -2.73. The van der Waals surface area contributed by atoms with Gasteiger partial charge in [-0.3, -0.25) is 19.8 Å². The minimum atomic E-state index is -4.54. The van der Waals surface area contributed by atoms with Gasteiger partial charge in [0.25, 0.3) is 21.6 Å². The second-order valence-corrected chi connectivity index (χ2v) is 21.1. The minimum Gasteiger partial charge on any atom is -0.455 e. The molecule has 0 radical (unpaired) electrons. The van der Waals surface area contributed by atoms with E-state index in [2.05, 4.69) is 49.5 Å². The van der Waals surface area contributed by atoms with Gasteiger partial charge in [-0.05, 0) is 131 Å². The average Bonchev–Trinajstić information content (AvgIpc) is 3.68. The highest BCUT2D eigenvalue weighted by molar-refractivity contribution is 7.90. The van der Waals surface area contributed by atoms with E-state index in [-0.39, 0.29) is 41.2 Å². The van der Waals surface area contributed by atoms with E-state index in [1.807, 2.05) is 27.8 Å². The third-order valence-electron chi connectivity index (χ3n) is 14.4. The number of nitrogens with zero attached hydrogens (tertiary/aromatic N) is 4. The number of aromatic amines is 1. The van der Waals surface area contributed by atoms with Gasteiger partial charge in [0.2, 0.25) is 0 Å². The van der Waals surface area contributed by atoms with Crippen LogP contribution in [-0.2, 0) is 16.4 Å². The number of aryl methyl sites for hydroxylation is 1. The standard InChI is InChI=1S/C28H29FN6O6S.C20H35N/c1-34-12-9-28(29,10-13-34)8-6-18-2-4-22(16-24(18)35(37)38)42(39,40)33-27(36)23-5-3-20(30)15-25(23)41-21-14-19-7-11-31-26(19)32-17-21;1-6-19-13-20(14-19,15-19)17-11-18(4,5)10-9-16(17)12-21(7-2)8-3/h2-5,7,11,14-17H,6,8-10,12-13,30H2,1H3,(H,31,32)(H,33,36);6-15H2,1-5H3. The number of nitro groups is 1. The zero-order valence-corrected chi connectivity index (χ0v) is 38.5. The zero-order valence-electron chi connectivity index (χ0n) is 37.7. The lowest BCUT2D eigenvalue weighted by Crippen LogP contribution is -2.62. The van der Waals surface area contributed by atoms with Gasteiger partial charge in [0.05, 0.1) is 21.6 Å². The number of anilines is 1. The molecule has 15 heteroatoms. The molecule has 4 fully saturated rings. The van der Waals surface area contributed by atoms with Gasteiger partial charge in [-0.2, -0.15) is 0 Å². The van der Waals surface area contributed by atoms with Crippen LogP contribution in [0.1, 0.15) is 115 Å². The number of pyridine rings is 1. The van der Waals surface area contributed by atoms with Crippen molar-refractivity contribution in [2.45, 2.75) is 116 Å². The number of amides is 1. The molecule has 340 valence electrons. The van der Waals surface area contributed by atoms with Crippen LogP contribution in [-0.4, -0.2) is 84.5 Å². The van der Waals surface area contributed by atoms with Gasteiger partial charge in [0.15, 0.2) is 0 Å². The first kappa shape index (κ1) is 46.1. The fourth-order valence-electron chi connectivity index (χ4n) is 10.3. The number of alkyl halides is 1. The summed E-state index contributed by atoms with van der Waals surface area (Å²) < 4.78 is 49.3. The number of sulfonamides is 1. The van der Waals surface area contributed by atoms with Gasteiger partial charge in [-0.25, -0.2) is 22.5 Å². The number of fused-ring (bicyclic) bond motifs is 1. The van der Waals surface area contributed by atoms with Crippen molar-refractivity contribution < 1.29 is 27.3 Å². The molecule has 4 N–H and O–H groups in total. The lowest BCUT2D eigenvalue weighted by molar-refractivity contribution is -0.385. The van der Waals surface area contributed by atoms with Crippen LogP contribution in [0.15, 0.2) is 77.0 Å². The number of ether oxygens (including phenoxy) is 1. The number of halogens is 1. The quantitative estimate of drug-likeness (QED) is 0.0451. The van der Waals surface area contributed by atoms with Gasteiger partial charge in [-0.1, -0.05) is 58.3 Å². The number of allylic oxidation sites excluding steroid dienone is 1. The molecule has 0 atom stereocenters. The highest BCUT2D eigenvalue weighted by Gasteiger charge is 2.68. The molecular formula is C48H64FN7O6S. The number of nitrogen functional groups attached to an aromatic ring is 1. The van der Waals surface area contributed by atoms with E-state index in [9.17, 15) is 23.3 Å². The lowest BCUT2D eigenvalue weighted by atomic mass is 9.31. The van der Waals surface area contributed by atoms with Crippen LogP contribution in [0.25, 0.3) is 11.0 Å². The van der Waals surface area contributed by atoms with E-state index >= 15 is 4.39 Å². The molecule has 2 aromatic carbocycles. The number of nitro benzene ring substituents is 1. The Kier molecular flexibility index (Phi) is 13.2. The molecule has 4 aromatic rings. The summed E-state index contributed by atoms with van der Waals surface area (Å²) in [5.74, 6) is -0.769. The van der Waals surface area contributed by atoms with Gasteiger partial charge >= 0.3 is 0 Å². The van der Waals surface area contributed by atoms with Gasteiger partial charge in [-0.15, -0.1) is 0 Å². The van der Waals surface area contributed by atoms with Gasteiger partial charge in [0, 0.05) is 54.6 Å². The number of hydrogen-bond donors (Lipinski definition) is 3. The Morgan fingerprint density at radius 2 is 1.76 bits per heavy atom. The van der Waals surface area contributed by atoms with Crippen LogP contribution < -0.4 is 15.2 Å². The predicted molar refractivity (Wildman–Crippen MR) is 245 cm³/mol. The third kappa shape index (κ3) is 10.1. The Morgan fingerprint density at radius 3 is 2.43 bits per heavy atom. The number of H-pyrrole nitrogens is 1. The molecule has 1 amide bonds.